The summed E-state index contributed by atoms with van der Waals surface area (Å²) in [5.41, 5.74) is 11.5. The minimum atomic E-state index is 0.172. The summed E-state index contributed by atoms with van der Waals surface area (Å²) in [5.74, 6) is 2.04. The topological polar surface area (TPSA) is 59.5 Å². The molecule has 0 aliphatic rings. The van der Waals surface area contributed by atoms with Crippen molar-refractivity contribution < 1.29 is 14.9 Å². The number of aromatic hydroxyl groups is 2. The van der Waals surface area contributed by atoms with Crippen molar-refractivity contribution in [1.29, 1.82) is 0 Å². The number of aryl methyl sites for hydroxylation is 3. The molecule has 56 heavy (non-hydrogen) atoms. The second-order valence-electron chi connectivity index (χ2n) is 14.8. The van der Waals surface area contributed by atoms with Crippen molar-refractivity contribution in [2.75, 3.05) is 18.6 Å². The Balaban J connectivity index is 1.29. The molecule has 0 radical (unpaired) electrons. The van der Waals surface area contributed by atoms with E-state index in [1.165, 1.54) is 0 Å². The zero-order chi connectivity index (χ0) is 38.5. The average molecular weight is 753 g/mol. The highest BCUT2D eigenvalue weighted by atomic mass is 32.2. The third kappa shape index (κ3) is 5.96. The summed E-state index contributed by atoms with van der Waals surface area (Å²) < 4.78 is 11.2. The molecule has 7 aromatic carbocycles. The molecule has 0 spiro atoms. The van der Waals surface area contributed by atoms with Crippen molar-refractivity contribution in [3.8, 4) is 50.9 Å². The van der Waals surface area contributed by atoms with Gasteiger partial charge in [-0.2, -0.15) is 11.8 Å². The summed E-state index contributed by atoms with van der Waals surface area (Å²) in [5, 5.41) is 29.6. The van der Waals surface area contributed by atoms with Crippen LogP contribution in [-0.2, 0) is 0 Å². The Bertz CT molecular complexity index is 2660. The molecule has 2 heterocycles. The SMILES string of the molecule is CSCCCCOc1c(-c2cc(C)cc(-n3c4ccccc4c4ccccc43)c2O)cc(C)cc1-c1cc(C)cc(-n2c3ccccc3c3ccccc32)c1O. The Hall–Kier alpha value is -6.11. The molecule has 2 aromatic heterocycles. The highest BCUT2D eigenvalue weighted by Gasteiger charge is 2.25. The molecule has 9 aromatic rings. The van der Waals surface area contributed by atoms with E-state index in [1.54, 1.807) is 0 Å². The Kier molecular flexibility index (Phi) is 9.22. The van der Waals surface area contributed by atoms with Crippen LogP contribution in [0.2, 0.25) is 0 Å². The predicted octanol–water partition coefficient (Wildman–Crippen LogP) is 13.1. The molecule has 5 nitrogen and oxygen atoms in total. The normalized spacial score (nSPS) is 11.7. The van der Waals surface area contributed by atoms with Crippen molar-refractivity contribution in [1.82, 2.24) is 9.13 Å². The number of unbranched alkanes of at least 4 members (excludes halogenated alkanes) is 1. The molecule has 9 rings (SSSR count). The molecule has 2 N–H and O–H groups in total. The maximum Gasteiger partial charge on any atom is 0.147 e. The Morgan fingerprint density at radius 1 is 0.482 bits per heavy atom. The number of aromatic nitrogens is 2. The number of fused-ring (bicyclic) bond motifs is 6. The Morgan fingerprint density at radius 2 is 0.839 bits per heavy atom. The number of para-hydroxylation sites is 4. The van der Waals surface area contributed by atoms with Gasteiger partial charge in [-0.3, -0.25) is 0 Å². The van der Waals surface area contributed by atoms with Gasteiger partial charge in [-0.15, -0.1) is 0 Å². The van der Waals surface area contributed by atoms with E-state index in [9.17, 15) is 10.2 Å². The van der Waals surface area contributed by atoms with Crippen LogP contribution < -0.4 is 4.74 Å². The zero-order valence-electron chi connectivity index (χ0n) is 32.1. The molecular formula is C50H44N2O3S. The van der Waals surface area contributed by atoms with Gasteiger partial charge in [-0.05, 0) is 123 Å². The molecule has 0 amide bonds. The summed E-state index contributed by atoms with van der Waals surface area (Å²) in [6.45, 7) is 6.72. The van der Waals surface area contributed by atoms with Gasteiger partial charge in [-0.1, -0.05) is 72.8 Å². The lowest BCUT2D eigenvalue weighted by Crippen LogP contribution is -2.04. The van der Waals surface area contributed by atoms with Crippen LogP contribution in [-0.4, -0.2) is 38.0 Å². The lowest BCUT2D eigenvalue weighted by atomic mass is 9.91. The zero-order valence-corrected chi connectivity index (χ0v) is 33.0. The van der Waals surface area contributed by atoms with Gasteiger partial charge >= 0.3 is 0 Å². The molecule has 278 valence electrons. The summed E-state index contributed by atoms with van der Waals surface area (Å²) >= 11 is 1.83. The van der Waals surface area contributed by atoms with Crippen LogP contribution in [0, 0.1) is 20.8 Å². The lowest BCUT2D eigenvalue weighted by Gasteiger charge is -2.22. The van der Waals surface area contributed by atoms with E-state index in [1.807, 2.05) is 48.2 Å². The van der Waals surface area contributed by atoms with Crippen LogP contribution in [0.1, 0.15) is 29.5 Å². The fourth-order valence-corrected chi connectivity index (χ4v) is 8.98. The van der Waals surface area contributed by atoms with Crippen LogP contribution in [0.25, 0.3) is 77.2 Å². The molecule has 0 atom stereocenters. The molecule has 0 aliphatic carbocycles. The standard InChI is InChI=1S/C50H44N2O3S/c1-31-27-40(38-25-32(2)29-46(48(38)53)51-42-19-9-5-15-34(42)35-16-6-10-20-43(35)51)50(55-23-13-14-24-56-4)41(28-31)39-26-33(3)30-47(49(39)54)52-44-21-11-7-17-36(44)37-18-8-12-22-45(37)52/h5-12,15-22,25-30,53-54H,13-14,23-24H2,1-4H3. The molecular weight excluding hydrogens is 709 g/mol. The number of thioether (sulfide) groups is 1. The number of rotatable bonds is 10. The van der Waals surface area contributed by atoms with Gasteiger partial charge in [0.05, 0.1) is 40.0 Å². The minimum absolute atomic E-state index is 0.172. The van der Waals surface area contributed by atoms with E-state index in [0.29, 0.717) is 34.9 Å². The van der Waals surface area contributed by atoms with Gasteiger partial charge in [-0.25, -0.2) is 0 Å². The van der Waals surface area contributed by atoms with Gasteiger partial charge in [0.1, 0.15) is 17.2 Å². The van der Waals surface area contributed by atoms with E-state index >= 15 is 0 Å². The van der Waals surface area contributed by atoms with Crippen LogP contribution in [0.3, 0.4) is 0 Å². The summed E-state index contributed by atoms with van der Waals surface area (Å²) in [6.07, 6.45) is 4.03. The first-order valence-corrected chi connectivity index (χ1v) is 20.6. The van der Waals surface area contributed by atoms with Gasteiger partial charge in [0.2, 0.25) is 0 Å². The van der Waals surface area contributed by atoms with Crippen molar-refractivity contribution >= 4 is 55.4 Å². The van der Waals surface area contributed by atoms with Crippen molar-refractivity contribution in [3.63, 3.8) is 0 Å². The minimum Gasteiger partial charge on any atom is -0.505 e. The van der Waals surface area contributed by atoms with Gasteiger partial charge in [0.25, 0.3) is 0 Å². The van der Waals surface area contributed by atoms with Crippen molar-refractivity contribution in [2.45, 2.75) is 33.6 Å². The van der Waals surface area contributed by atoms with Crippen LogP contribution in [0.4, 0.5) is 0 Å². The quantitative estimate of drug-likeness (QED) is 0.137. The van der Waals surface area contributed by atoms with E-state index in [2.05, 4.69) is 133 Å². The number of hydrogen-bond donors (Lipinski definition) is 2. The molecule has 0 fully saturated rings. The maximum atomic E-state index is 12.5. The first kappa shape index (κ1) is 35.6. The van der Waals surface area contributed by atoms with Crippen molar-refractivity contribution in [3.05, 3.63) is 150 Å². The molecule has 0 saturated carbocycles. The fraction of sp³-hybridized carbons (Fsp3) is 0.160. The van der Waals surface area contributed by atoms with E-state index in [0.717, 1.165) is 90.0 Å². The van der Waals surface area contributed by atoms with Crippen LogP contribution in [0.15, 0.2) is 133 Å². The largest absolute Gasteiger partial charge is 0.505 e. The first-order valence-electron chi connectivity index (χ1n) is 19.3. The van der Waals surface area contributed by atoms with E-state index < -0.39 is 0 Å². The van der Waals surface area contributed by atoms with Crippen molar-refractivity contribution in [2.24, 2.45) is 0 Å². The molecule has 0 unspecified atom stereocenters. The predicted molar refractivity (Wildman–Crippen MR) is 237 cm³/mol. The molecule has 0 aliphatic heterocycles. The second kappa shape index (κ2) is 14.5. The van der Waals surface area contributed by atoms with Crippen LogP contribution >= 0.6 is 11.8 Å². The monoisotopic (exact) mass is 752 g/mol. The fourth-order valence-electron chi connectivity index (χ4n) is 8.49. The number of benzene rings is 7. The van der Waals surface area contributed by atoms with E-state index in [4.69, 9.17) is 4.74 Å². The van der Waals surface area contributed by atoms with Crippen LogP contribution in [0.5, 0.6) is 17.2 Å². The molecule has 0 saturated heterocycles. The first-order chi connectivity index (χ1) is 27.3. The Labute approximate surface area is 331 Å². The molecule has 6 heteroatoms. The highest BCUT2D eigenvalue weighted by molar-refractivity contribution is 7.98. The lowest BCUT2D eigenvalue weighted by molar-refractivity contribution is 0.312. The number of phenolic OH excluding ortho intramolecular Hbond substituents is 2. The second-order valence-corrected chi connectivity index (χ2v) is 15.8. The number of phenols is 2. The number of hydrogen-bond acceptors (Lipinski definition) is 4. The smallest absolute Gasteiger partial charge is 0.147 e. The Morgan fingerprint density at radius 3 is 1.23 bits per heavy atom. The highest BCUT2D eigenvalue weighted by Crippen LogP contribution is 2.49. The maximum absolute atomic E-state index is 12.5. The number of nitrogens with zero attached hydrogens (tertiary/aromatic N) is 2. The van der Waals surface area contributed by atoms with Gasteiger partial charge in [0.15, 0.2) is 0 Å². The van der Waals surface area contributed by atoms with E-state index in [-0.39, 0.29) is 11.5 Å². The average Bonchev–Trinajstić information content (AvgIpc) is 3.72. The number of ether oxygens (including phenoxy) is 1. The van der Waals surface area contributed by atoms with Gasteiger partial charge in [0, 0.05) is 43.8 Å². The molecule has 0 bridgehead atoms. The van der Waals surface area contributed by atoms with Gasteiger partial charge < -0.3 is 24.1 Å². The summed E-state index contributed by atoms with van der Waals surface area (Å²) in [4.78, 5) is 0. The third-order valence-electron chi connectivity index (χ3n) is 10.9. The summed E-state index contributed by atoms with van der Waals surface area (Å²) in [6, 6.07) is 45.8. The third-order valence-corrected chi connectivity index (χ3v) is 11.6. The summed E-state index contributed by atoms with van der Waals surface area (Å²) in [7, 11) is 0.